The van der Waals surface area contributed by atoms with Crippen LogP contribution in [0.3, 0.4) is 0 Å². The molecule has 2 aliphatic heterocycles. The topological polar surface area (TPSA) is 61.4 Å². The van der Waals surface area contributed by atoms with E-state index in [1.165, 1.54) is 0 Å². The van der Waals surface area contributed by atoms with Gasteiger partial charge in [-0.1, -0.05) is 0 Å². The third kappa shape index (κ3) is 6.73. The van der Waals surface area contributed by atoms with E-state index in [4.69, 9.17) is 9.47 Å². The second-order valence-electron chi connectivity index (χ2n) is 7.22. The van der Waals surface area contributed by atoms with Crippen LogP contribution in [0.5, 0.6) is 0 Å². The van der Waals surface area contributed by atoms with Crippen LogP contribution in [0.4, 0.5) is 0 Å². The van der Waals surface area contributed by atoms with Crippen LogP contribution in [-0.2, 0) is 9.47 Å². The van der Waals surface area contributed by atoms with Crippen molar-refractivity contribution in [2.24, 2.45) is 4.99 Å². The zero-order chi connectivity index (χ0) is 18.1. The third-order valence-electron chi connectivity index (χ3n) is 5.31. The van der Waals surface area contributed by atoms with E-state index < -0.39 is 0 Å². The minimum atomic E-state index is 0.466. The molecule has 0 aromatic rings. The first kappa shape index (κ1) is 20.4. The van der Waals surface area contributed by atoms with Crippen LogP contribution in [0.2, 0.25) is 0 Å². The first-order valence-corrected chi connectivity index (χ1v) is 9.66. The van der Waals surface area contributed by atoms with Crippen LogP contribution in [0.25, 0.3) is 0 Å². The summed E-state index contributed by atoms with van der Waals surface area (Å²) in [6.07, 6.45) is 2.31. The van der Waals surface area contributed by atoms with Crippen molar-refractivity contribution >= 4 is 5.96 Å². The Labute approximate surface area is 153 Å². The molecule has 2 heterocycles. The van der Waals surface area contributed by atoms with Crippen molar-refractivity contribution in [2.75, 3.05) is 66.7 Å². The Morgan fingerprint density at radius 1 is 1.32 bits per heavy atom. The second-order valence-corrected chi connectivity index (χ2v) is 7.22. The summed E-state index contributed by atoms with van der Waals surface area (Å²) < 4.78 is 10.7. The molecule has 0 aromatic carbocycles. The number of aliphatic imine (C=N–C) groups is 1. The van der Waals surface area contributed by atoms with Crippen molar-refractivity contribution in [2.45, 2.75) is 44.8 Å². The Morgan fingerprint density at radius 2 is 2.08 bits per heavy atom. The number of likely N-dealkylation sites (tertiary alicyclic amines) is 1. The quantitative estimate of drug-likeness (QED) is 0.508. The number of ether oxygens (including phenoxy) is 2. The smallest absolute Gasteiger partial charge is 0.191 e. The summed E-state index contributed by atoms with van der Waals surface area (Å²) in [6.45, 7) is 12.2. The fourth-order valence-electron chi connectivity index (χ4n) is 3.67. The molecule has 146 valence electrons. The molecule has 2 atom stereocenters. The van der Waals surface area contributed by atoms with E-state index >= 15 is 0 Å². The Bertz CT molecular complexity index is 399. The van der Waals surface area contributed by atoms with Crippen molar-refractivity contribution in [3.63, 3.8) is 0 Å². The molecule has 2 N–H and O–H groups in total. The highest BCUT2D eigenvalue weighted by molar-refractivity contribution is 5.80. The Hall–Kier alpha value is -0.890. The number of piperidine rings is 1. The predicted molar refractivity (Wildman–Crippen MR) is 102 cm³/mol. The first-order chi connectivity index (χ1) is 12.1. The summed E-state index contributed by atoms with van der Waals surface area (Å²) in [5.41, 5.74) is 0. The molecular formula is C18H37N5O2. The molecular weight excluding hydrogens is 318 g/mol. The van der Waals surface area contributed by atoms with Gasteiger partial charge < -0.3 is 25.0 Å². The maximum Gasteiger partial charge on any atom is 0.191 e. The van der Waals surface area contributed by atoms with Gasteiger partial charge in [0.1, 0.15) is 0 Å². The number of rotatable bonds is 7. The van der Waals surface area contributed by atoms with Gasteiger partial charge in [0, 0.05) is 65.0 Å². The molecule has 2 saturated heterocycles. The van der Waals surface area contributed by atoms with Crippen LogP contribution in [-0.4, -0.2) is 101 Å². The highest BCUT2D eigenvalue weighted by atomic mass is 16.5. The number of hydrogen-bond acceptors (Lipinski definition) is 5. The van der Waals surface area contributed by atoms with E-state index in [-0.39, 0.29) is 0 Å². The Balaban J connectivity index is 1.68. The van der Waals surface area contributed by atoms with Crippen molar-refractivity contribution in [3.05, 3.63) is 0 Å². The molecule has 2 aliphatic rings. The van der Waals surface area contributed by atoms with Gasteiger partial charge in [0.15, 0.2) is 5.96 Å². The number of nitrogens with zero attached hydrogens (tertiary/aromatic N) is 3. The van der Waals surface area contributed by atoms with Crippen molar-refractivity contribution in [1.29, 1.82) is 0 Å². The van der Waals surface area contributed by atoms with Gasteiger partial charge in [-0.2, -0.15) is 0 Å². The summed E-state index contributed by atoms with van der Waals surface area (Å²) in [4.78, 5) is 9.39. The lowest BCUT2D eigenvalue weighted by Gasteiger charge is -2.38. The monoisotopic (exact) mass is 355 g/mol. The van der Waals surface area contributed by atoms with E-state index in [1.54, 1.807) is 7.11 Å². The summed E-state index contributed by atoms with van der Waals surface area (Å²) in [5, 5.41) is 7.09. The van der Waals surface area contributed by atoms with E-state index in [0.29, 0.717) is 18.1 Å². The maximum atomic E-state index is 5.53. The predicted octanol–water partition coefficient (Wildman–Crippen LogP) is 0.371. The van der Waals surface area contributed by atoms with Gasteiger partial charge in [-0.15, -0.1) is 0 Å². The zero-order valence-corrected chi connectivity index (χ0v) is 16.5. The lowest BCUT2D eigenvalue weighted by atomic mass is 10.1. The molecule has 0 radical (unpaired) electrons. The van der Waals surface area contributed by atoms with Crippen LogP contribution in [0.1, 0.15) is 26.7 Å². The van der Waals surface area contributed by atoms with Crippen molar-refractivity contribution < 1.29 is 9.47 Å². The largest absolute Gasteiger partial charge is 0.383 e. The standard InChI is InChI=1S/C18H37N5O2/c1-15(23-10-12-25-14-16(23)2)13-20-18(19-3)21-17-5-7-22(8-6-17)9-11-24-4/h15-17H,5-14H2,1-4H3,(H2,19,20,21). The van der Waals surface area contributed by atoms with E-state index in [1.807, 2.05) is 7.05 Å². The minimum Gasteiger partial charge on any atom is -0.383 e. The van der Waals surface area contributed by atoms with Gasteiger partial charge in [0.05, 0.1) is 19.8 Å². The van der Waals surface area contributed by atoms with Crippen LogP contribution >= 0.6 is 0 Å². The van der Waals surface area contributed by atoms with E-state index in [9.17, 15) is 0 Å². The molecule has 7 heteroatoms. The number of morpholine rings is 1. The van der Waals surface area contributed by atoms with Gasteiger partial charge in [-0.25, -0.2) is 0 Å². The maximum absolute atomic E-state index is 5.53. The minimum absolute atomic E-state index is 0.466. The Morgan fingerprint density at radius 3 is 2.72 bits per heavy atom. The van der Waals surface area contributed by atoms with E-state index in [2.05, 4.69) is 39.3 Å². The molecule has 0 saturated carbocycles. The summed E-state index contributed by atoms with van der Waals surface area (Å²) in [5.74, 6) is 0.920. The van der Waals surface area contributed by atoms with Gasteiger partial charge in [-0.05, 0) is 26.7 Å². The molecule has 0 amide bonds. The molecule has 0 aromatic heterocycles. The molecule has 2 rings (SSSR count). The van der Waals surface area contributed by atoms with Gasteiger partial charge >= 0.3 is 0 Å². The molecule has 2 fully saturated rings. The molecule has 2 unspecified atom stereocenters. The van der Waals surface area contributed by atoms with Crippen molar-refractivity contribution in [1.82, 2.24) is 20.4 Å². The summed E-state index contributed by atoms with van der Waals surface area (Å²) in [7, 11) is 3.62. The number of guanidine groups is 1. The fraction of sp³-hybridized carbons (Fsp3) is 0.944. The average molecular weight is 356 g/mol. The van der Waals surface area contributed by atoms with Crippen molar-refractivity contribution in [3.8, 4) is 0 Å². The SMILES string of the molecule is CN=C(NCC(C)N1CCOCC1C)NC1CCN(CCOC)CC1. The number of methoxy groups -OCH3 is 1. The first-order valence-electron chi connectivity index (χ1n) is 9.66. The lowest BCUT2D eigenvalue weighted by molar-refractivity contribution is -0.0174. The van der Waals surface area contributed by atoms with E-state index in [0.717, 1.165) is 71.3 Å². The van der Waals surface area contributed by atoms with Gasteiger partial charge in [0.25, 0.3) is 0 Å². The number of nitrogens with one attached hydrogen (secondary N) is 2. The molecule has 0 bridgehead atoms. The normalized spacial score (nSPS) is 25.8. The van der Waals surface area contributed by atoms with Crippen LogP contribution in [0, 0.1) is 0 Å². The van der Waals surface area contributed by atoms with Gasteiger partial charge in [0.2, 0.25) is 0 Å². The summed E-state index contributed by atoms with van der Waals surface area (Å²) >= 11 is 0. The highest BCUT2D eigenvalue weighted by Gasteiger charge is 2.24. The van der Waals surface area contributed by atoms with Crippen LogP contribution in [0.15, 0.2) is 4.99 Å². The highest BCUT2D eigenvalue weighted by Crippen LogP contribution is 2.11. The number of hydrogen-bond donors (Lipinski definition) is 2. The Kier molecular flexibility index (Phi) is 8.95. The summed E-state index contributed by atoms with van der Waals surface area (Å²) in [6, 6.07) is 1.45. The third-order valence-corrected chi connectivity index (χ3v) is 5.31. The zero-order valence-electron chi connectivity index (χ0n) is 16.5. The molecule has 25 heavy (non-hydrogen) atoms. The molecule has 7 nitrogen and oxygen atoms in total. The van der Waals surface area contributed by atoms with Crippen LogP contribution < -0.4 is 10.6 Å². The second kappa shape index (κ2) is 11.0. The molecule has 0 spiro atoms. The molecule has 0 aliphatic carbocycles. The lowest BCUT2D eigenvalue weighted by Crippen LogP contribution is -2.54. The average Bonchev–Trinajstić information content (AvgIpc) is 2.64. The fourth-order valence-corrected chi connectivity index (χ4v) is 3.67. The van der Waals surface area contributed by atoms with Gasteiger partial charge in [-0.3, -0.25) is 9.89 Å².